The number of aromatic nitrogens is 2. The monoisotopic (exact) mass is 269 g/mol. The van der Waals surface area contributed by atoms with Gasteiger partial charge in [-0.15, -0.1) is 12.8 Å². The number of aliphatic hydroxyl groups is 3. The summed E-state index contributed by atoms with van der Waals surface area (Å²) in [5, 5.41) is 28.2. The van der Waals surface area contributed by atoms with Crippen molar-refractivity contribution >= 4 is 5.82 Å². The molecule has 8 nitrogen and oxygen atoms in total. The van der Waals surface area contributed by atoms with Crippen molar-refractivity contribution < 1.29 is 20.1 Å². The summed E-state index contributed by atoms with van der Waals surface area (Å²) in [6.45, 7) is -0.453. The second kappa shape index (κ2) is 6.31. The van der Waals surface area contributed by atoms with Crippen molar-refractivity contribution in [1.82, 2.24) is 9.55 Å². The molecule has 8 heteroatoms. The molecule has 0 unspecified atom stereocenters. The molecule has 19 heavy (non-hydrogen) atoms. The molecular formula is C11H15N3O5. The van der Waals surface area contributed by atoms with Gasteiger partial charge in [0.05, 0.1) is 6.61 Å². The first-order chi connectivity index (χ1) is 9.04. The predicted octanol–water partition coefficient (Wildman–Crippen LogP) is -2.31. The Morgan fingerprint density at radius 2 is 2.05 bits per heavy atom. The lowest BCUT2D eigenvalue weighted by Crippen LogP contribution is -2.36. The van der Waals surface area contributed by atoms with Gasteiger partial charge >= 0.3 is 5.69 Å². The van der Waals surface area contributed by atoms with Gasteiger partial charge in [0.2, 0.25) is 0 Å². The Kier molecular flexibility index (Phi) is 5.02. The first-order valence-corrected chi connectivity index (χ1v) is 5.35. The Hall–Kier alpha value is -1.92. The fraction of sp³-hybridized carbons (Fsp3) is 0.455. The van der Waals surface area contributed by atoms with Crippen molar-refractivity contribution in [3.63, 3.8) is 0 Å². The van der Waals surface area contributed by atoms with Crippen LogP contribution in [-0.2, 0) is 4.74 Å². The molecule has 1 aromatic rings. The maximum Gasteiger partial charge on any atom is 0.351 e. The number of anilines is 1. The smallest absolute Gasteiger partial charge is 0.351 e. The van der Waals surface area contributed by atoms with E-state index in [1.807, 2.05) is 0 Å². The van der Waals surface area contributed by atoms with Crippen LogP contribution in [0.4, 0.5) is 5.82 Å². The van der Waals surface area contributed by atoms with E-state index in [9.17, 15) is 15.0 Å². The lowest BCUT2D eigenvalue weighted by Gasteiger charge is -2.16. The van der Waals surface area contributed by atoms with Gasteiger partial charge in [0.15, 0.2) is 6.23 Å². The zero-order valence-corrected chi connectivity index (χ0v) is 9.96. The van der Waals surface area contributed by atoms with Crippen LogP contribution >= 0.6 is 0 Å². The predicted molar refractivity (Wildman–Crippen MR) is 65.8 cm³/mol. The van der Waals surface area contributed by atoms with E-state index in [1.54, 1.807) is 0 Å². The molecule has 2 rings (SSSR count). The molecule has 104 valence electrons. The zero-order chi connectivity index (χ0) is 14.6. The Morgan fingerprint density at radius 3 is 2.53 bits per heavy atom. The molecule has 0 spiro atoms. The number of terminal acetylenes is 1. The number of rotatable bonds is 2. The molecule has 1 saturated heterocycles. The minimum absolute atomic E-state index is 0.0537. The van der Waals surface area contributed by atoms with Gasteiger partial charge < -0.3 is 25.8 Å². The highest BCUT2D eigenvalue weighted by Gasteiger charge is 2.43. The summed E-state index contributed by atoms with van der Waals surface area (Å²) in [5.41, 5.74) is 4.63. The first kappa shape index (κ1) is 15.1. The first-order valence-electron chi connectivity index (χ1n) is 5.35. The molecule has 0 aliphatic carbocycles. The molecule has 5 N–H and O–H groups in total. The van der Waals surface area contributed by atoms with E-state index in [2.05, 4.69) is 17.8 Å². The topological polar surface area (TPSA) is 131 Å². The maximum atomic E-state index is 11.5. The van der Waals surface area contributed by atoms with E-state index in [1.165, 1.54) is 12.3 Å². The normalized spacial score (nSPS) is 29.5. The van der Waals surface area contributed by atoms with Crippen molar-refractivity contribution in [3.8, 4) is 12.8 Å². The Bertz CT molecular complexity index is 501. The van der Waals surface area contributed by atoms with Crippen LogP contribution in [0.3, 0.4) is 0 Å². The summed E-state index contributed by atoms with van der Waals surface area (Å²) >= 11 is 0. The molecule has 0 bridgehead atoms. The van der Waals surface area contributed by atoms with Crippen molar-refractivity contribution in [2.45, 2.75) is 24.5 Å². The quantitative estimate of drug-likeness (QED) is 0.443. The average Bonchev–Trinajstić information content (AvgIpc) is 2.69. The molecule has 1 fully saturated rings. The van der Waals surface area contributed by atoms with Crippen LogP contribution < -0.4 is 11.4 Å². The van der Waals surface area contributed by atoms with E-state index in [0.29, 0.717) is 0 Å². The lowest BCUT2D eigenvalue weighted by atomic mass is 10.1. The molecule has 2 heterocycles. The van der Waals surface area contributed by atoms with Gasteiger partial charge in [-0.3, -0.25) is 4.57 Å². The van der Waals surface area contributed by atoms with Crippen LogP contribution in [0.5, 0.6) is 0 Å². The van der Waals surface area contributed by atoms with Gasteiger partial charge in [0.1, 0.15) is 24.1 Å². The largest absolute Gasteiger partial charge is 0.394 e. The summed E-state index contributed by atoms with van der Waals surface area (Å²) < 4.78 is 6.19. The van der Waals surface area contributed by atoms with Crippen LogP contribution in [0.25, 0.3) is 0 Å². The summed E-state index contributed by atoms with van der Waals surface area (Å²) in [6, 6.07) is 1.37. The number of nitrogens with zero attached hydrogens (tertiary/aromatic N) is 2. The fourth-order valence-electron chi connectivity index (χ4n) is 1.73. The molecule has 1 aliphatic heterocycles. The Balaban J connectivity index is 0.000000861. The van der Waals surface area contributed by atoms with Crippen molar-refractivity contribution in [2.24, 2.45) is 0 Å². The van der Waals surface area contributed by atoms with Gasteiger partial charge in [-0.25, -0.2) is 4.79 Å². The SMILES string of the molecule is C#C.Nc1ccn([C@@H]2O[C@H](CO)[C@@H](O)[C@H]2O)c(=O)n1. The number of ether oxygens (including phenoxy) is 1. The third-order valence-corrected chi connectivity index (χ3v) is 2.64. The molecular weight excluding hydrogens is 254 g/mol. The zero-order valence-electron chi connectivity index (χ0n) is 9.96. The minimum Gasteiger partial charge on any atom is -0.394 e. The van der Waals surface area contributed by atoms with E-state index >= 15 is 0 Å². The fourth-order valence-corrected chi connectivity index (χ4v) is 1.73. The Morgan fingerprint density at radius 1 is 1.42 bits per heavy atom. The molecule has 0 saturated carbocycles. The van der Waals surface area contributed by atoms with E-state index in [0.717, 1.165) is 4.57 Å². The second-order valence-corrected chi connectivity index (χ2v) is 3.77. The van der Waals surface area contributed by atoms with Crippen LogP contribution in [-0.4, -0.2) is 49.8 Å². The van der Waals surface area contributed by atoms with Gasteiger partial charge in [-0.05, 0) is 6.07 Å². The van der Waals surface area contributed by atoms with Gasteiger partial charge in [0, 0.05) is 6.20 Å². The van der Waals surface area contributed by atoms with E-state index < -0.39 is 36.8 Å². The van der Waals surface area contributed by atoms with Gasteiger partial charge in [-0.2, -0.15) is 4.98 Å². The molecule has 0 amide bonds. The van der Waals surface area contributed by atoms with E-state index in [4.69, 9.17) is 15.6 Å². The Labute approximate surface area is 109 Å². The van der Waals surface area contributed by atoms with E-state index in [-0.39, 0.29) is 5.82 Å². The summed E-state index contributed by atoms with van der Waals surface area (Å²) in [5.74, 6) is 0.0537. The number of aliphatic hydroxyl groups excluding tert-OH is 3. The van der Waals surface area contributed by atoms with Gasteiger partial charge in [0.25, 0.3) is 0 Å². The molecule has 0 aromatic carbocycles. The molecule has 1 aliphatic rings. The average molecular weight is 269 g/mol. The molecule has 0 radical (unpaired) electrons. The van der Waals surface area contributed by atoms with Crippen molar-refractivity contribution in [2.75, 3.05) is 12.3 Å². The molecule has 4 atom stereocenters. The van der Waals surface area contributed by atoms with Crippen LogP contribution in [0.1, 0.15) is 6.23 Å². The number of hydrogen-bond acceptors (Lipinski definition) is 7. The van der Waals surface area contributed by atoms with Crippen LogP contribution in [0.2, 0.25) is 0 Å². The lowest BCUT2D eigenvalue weighted by molar-refractivity contribution is -0.0549. The summed E-state index contributed by atoms with van der Waals surface area (Å²) in [6.07, 6.45) is 4.73. The number of nitrogen functional groups attached to an aromatic ring is 1. The highest BCUT2D eigenvalue weighted by molar-refractivity contribution is 5.23. The van der Waals surface area contributed by atoms with Crippen molar-refractivity contribution in [3.05, 3.63) is 22.7 Å². The summed E-state index contributed by atoms with van der Waals surface area (Å²) in [4.78, 5) is 15.0. The van der Waals surface area contributed by atoms with Gasteiger partial charge in [-0.1, -0.05) is 0 Å². The highest BCUT2D eigenvalue weighted by Crippen LogP contribution is 2.27. The maximum absolute atomic E-state index is 11.5. The second-order valence-electron chi connectivity index (χ2n) is 3.77. The van der Waals surface area contributed by atoms with Crippen LogP contribution in [0, 0.1) is 12.8 Å². The minimum atomic E-state index is -1.31. The van der Waals surface area contributed by atoms with Crippen LogP contribution in [0.15, 0.2) is 17.1 Å². The van der Waals surface area contributed by atoms with Crippen molar-refractivity contribution in [1.29, 1.82) is 0 Å². The molecule has 1 aromatic heterocycles. The third-order valence-electron chi connectivity index (χ3n) is 2.64. The third kappa shape index (κ3) is 2.91. The summed E-state index contributed by atoms with van der Waals surface area (Å²) in [7, 11) is 0. The highest BCUT2D eigenvalue weighted by atomic mass is 16.6. The number of nitrogens with two attached hydrogens (primary N) is 1. The number of hydrogen-bond donors (Lipinski definition) is 4. The standard InChI is InChI=1S/C9H13N3O5.C2H2/c10-5-1-2-12(9(16)11-5)8-7(15)6(14)4(3-13)17-8;1-2/h1-2,4,6-8,13-15H,3H2,(H2,10,11,16);1-2H/t4-,6-,7-,8-;/m1./s1.